The molecule has 1 aliphatic heterocycles. The molecule has 1 rings (SSSR count). The van der Waals surface area contributed by atoms with Crippen molar-refractivity contribution < 1.29 is 4.74 Å². The van der Waals surface area contributed by atoms with E-state index in [1.807, 2.05) is 0 Å². The maximum absolute atomic E-state index is 5.76. The quantitative estimate of drug-likeness (QED) is 0.753. The first kappa shape index (κ1) is 12.9. The predicted octanol–water partition coefficient (Wildman–Crippen LogP) is 1.47. The summed E-state index contributed by atoms with van der Waals surface area (Å²) in [6.07, 6.45) is 2.91. The molecule has 0 saturated carbocycles. The van der Waals surface area contributed by atoms with Crippen LogP contribution in [0.5, 0.6) is 0 Å². The number of piperidine rings is 1. The van der Waals surface area contributed by atoms with Gasteiger partial charge in [-0.1, -0.05) is 13.8 Å². The second kappa shape index (κ2) is 5.83. The summed E-state index contributed by atoms with van der Waals surface area (Å²) >= 11 is 0. The molecule has 0 aromatic heterocycles. The monoisotopic (exact) mass is 214 g/mol. The Kier molecular flexibility index (Phi) is 5.03. The molecule has 3 nitrogen and oxygen atoms in total. The fourth-order valence-corrected chi connectivity index (χ4v) is 2.20. The van der Waals surface area contributed by atoms with Gasteiger partial charge in [0.25, 0.3) is 0 Å². The molecule has 0 amide bonds. The lowest BCUT2D eigenvalue weighted by Crippen LogP contribution is -2.45. The Labute approximate surface area is 94.0 Å². The first-order valence-corrected chi connectivity index (χ1v) is 6.11. The minimum Gasteiger partial charge on any atom is -0.377 e. The van der Waals surface area contributed by atoms with Crippen molar-refractivity contribution in [2.75, 3.05) is 32.8 Å². The number of hydrogen-bond acceptors (Lipinski definition) is 3. The van der Waals surface area contributed by atoms with Crippen molar-refractivity contribution in [3.63, 3.8) is 0 Å². The van der Waals surface area contributed by atoms with Gasteiger partial charge in [-0.3, -0.25) is 0 Å². The van der Waals surface area contributed by atoms with Crippen molar-refractivity contribution in [2.24, 2.45) is 11.1 Å². The topological polar surface area (TPSA) is 38.5 Å². The molecule has 0 bridgehead atoms. The molecule has 1 unspecified atom stereocenters. The van der Waals surface area contributed by atoms with Crippen LogP contribution in [0.25, 0.3) is 0 Å². The van der Waals surface area contributed by atoms with Crippen LogP contribution in [0, 0.1) is 5.41 Å². The zero-order valence-electron chi connectivity index (χ0n) is 10.5. The van der Waals surface area contributed by atoms with Gasteiger partial charge in [-0.25, -0.2) is 0 Å². The minimum absolute atomic E-state index is 0.230. The molecule has 1 atom stereocenters. The van der Waals surface area contributed by atoms with Crippen LogP contribution in [0.4, 0.5) is 0 Å². The maximum Gasteiger partial charge on any atom is 0.0702 e. The van der Waals surface area contributed by atoms with Gasteiger partial charge < -0.3 is 15.4 Å². The summed E-state index contributed by atoms with van der Waals surface area (Å²) < 4.78 is 5.69. The summed E-state index contributed by atoms with van der Waals surface area (Å²) in [7, 11) is 0. The number of ether oxygens (including phenoxy) is 1. The van der Waals surface area contributed by atoms with Crippen LogP contribution in [0.1, 0.15) is 33.6 Å². The summed E-state index contributed by atoms with van der Waals surface area (Å²) in [5, 5.41) is 0. The Balaban J connectivity index is 2.36. The third kappa shape index (κ3) is 4.49. The lowest BCUT2D eigenvalue weighted by molar-refractivity contribution is -0.00298. The summed E-state index contributed by atoms with van der Waals surface area (Å²) in [6.45, 7) is 11.5. The fourth-order valence-electron chi connectivity index (χ4n) is 2.20. The Morgan fingerprint density at radius 3 is 2.80 bits per heavy atom. The third-order valence-electron chi connectivity index (χ3n) is 3.07. The van der Waals surface area contributed by atoms with E-state index in [-0.39, 0.29) is 5.41 Å². The first-order valence-electron chi connectivity index (χ1n) is 6.11. The molecule has 1 saturated heterocycles. The second-order valence-corrected chi connectivity index (χ2v) is 5.32. The van der Waals surface area contributed by atoms with Crippen molar-refractivity contribution >= 4 is 0 Å². The summed E-state index contributed by atoms with van der Waals surface area (Å²) in [4.78, 5) is 2.50. The van der Waals surface area contributed by atoms with Crippen molar-refractivity contribution in [2.45, 2.75) is 39.7 Å². The van der Waals surface area contributed by atoms with E-state index in [2.05, 4.69) is 25.7 Å². The standard InChI is InChI=1S/C12H26N2O/c1-4-15-11-6-5-7-14(8-11)10-12(2,3)9-13/h11H,4-10,13H2,1-3H3. The van der Waals surface area contributed by atoms with E-state index in [1.165, 1.54) is 19.4 Å². The average Bonchev–Trinajstić information content (AvgIpc) is 2.18. The Hall–Kier alpha value is -0.120. The van der Waals surface area contributed by atoms with Crippen molar-refractivity contribution in [3.8, 4) is 0 Å². The lowest BCUT2D eigenvalue weighted by Gasteiger charge is -2.37. The Morgan fingerprint density at radius 1 is 1.47 bits per heavy atom. The Morgan fingerprint density at radius 2 is 2.20 bits per heavy atom. The third-order valence-corrected chi connectivity index (χ3v) is 3.07. The smallest absolute Gasteiger partial charge is 0.0702 e. The largest absolute Gasteiger partial charge is 0.377 e. The van der Waals surface area contributed by atoms with Gasteiger partial charge >= 0.3 is 0 Å². The molecule has 1 aliphatic rings. The average molecular weight is 214 g/mol. The number of nitrogens with two attached hydrogens (primary N) is 1. The number of likely N-dealkylation sites (tertiary alicyclic amines) is 1. The van der Waals surface area contributed by atoms with Crippen LogP contribution in [0.2, 0.25) is 0 Å². The minimum atomic E-state index is 0.230. The molecule has 0 aromatic rings. The number of nitrogens with zero attached hydrogens (tertiary/aromatic N) is 1. The number of rotatable bonds is 5. The summed E-state index contributed by atoms with van der Waals surface area (Å²) in [6, 6.07) is 0. The van der Waals surface area contributed by atoms with E-state index < -0.39 is 0 Å². The molecule has 0 aliphatic carbocycles. The van der Waals surface area contributed by atoms with Gasteiger partial charge in [-0.15, -0.1) is 0 Å². The van der Waals surface area contributed by atoms with Crippen molar-refractivity contribution in [3.05, 3.63) is 0 Å². The van der Waals surface area contributed by atoms with E-state index >= 15 is 0 Å². The van der Waals surface area contributed by atoms with E-state index in [1.54, 1.807) is 0 Å². The van der Waals surface area contributed by atoms with E-state index in [4.69, 9.17) is 10.5 Å². The normalized spacial score (nSPS) is 24.4. The van der Waals surface area contributed by atoms with E-state index in [9.17, 15) is 0 Å². The van der Waals surface area contributed by atoms with Crippen LogP contribution in [-0.2, 0) is 4.74 Å². The van der Waals surface area contributed by atoms with Crippen LogP contribution in [-0.4, -0.2) is 43.8 Å². The van der Waals surface area contributed by atoms with Crippen molar-refractivity contribution in [1.29, 1.82) is 0 Å². The molecule has 1 fully saturated rings. The lowest BCUT2D eigenvalue weighted by atomic mass is 9.92. The second-order valence-electron chi connectivity index (χ2n) is 5.32. The molecular weight excluding hydrogens is 188 g/mol. The molecular formula is C12H26N2O. The van der Waals surface area contributed by atoms with E-state index in [0.717, 1.165) is 26.2 Å². The van der Waals surface area contributed by atoms with Gasteiger partial charge in [-0.2, -0.15) is 0 Å². The summed E-state index contributed by atoms with van der Waals surface area (Å²) in [5.41, 5.74) is 5.99. The highest BCUT2D eigenvalue weighted by molar-refractivity contribution is 4.79. The molecule has 2 N–H and O–H groups in total. The van der Waals surface area contributed by atoms with Gasteiger partial charge in [0.1, 0.15) is 0 Å². The molecule has 0 aromatic carbocycles. The predicted molar refractivity (Wildman–Crippen MR) is 63.9 cm³/mol. The molecule has 90 valence electrons. The van der Waals surface area contributed by atoms with Crippen LogP contribution in [0.15, 0.2) is 0 Å². The SMILES string of the molecule is CCOC1CCCN(CC(C)(C)CN)C1. The van der Waals surface area contributed by atoms with Gasteiger partial charge in [0.2, 0.25) is 0 Å². The highest BCUT2D eigenvalue weighted by Crippen LogP contribution is 2.19. The summed E-state index contributed by atoms with van der Waals surface area (Å²) in [5.74, 6) is 0. The van der Waals surface area contributed by atoms with Gasteiger partial charge in [-0.05, 0) is 38.3 Å². The molecule has 0 spiro atoms. The van der Waals surface area contributed by atoms with Crippen LogP contribution < -0.4 is 5.73 Å². The number of hydrogen-bond donors (Lipinski definition) is 1. The molecule has 1 heterocycles. The fraction of sp³-hybridized carbons (Fsp3) is 1.00. The highest BCUT2D eigenvalue weighted by Gasteiger charge is 2.25. The maximum atomic E-state index is 5.76. The molecule has 3 heteroatoms. The van der Waals surface area contributed by atoms with Crippen LogP contribution in [0.3, 0.4) is 0 Å². The molecule has 0 radical (unpaired) electrons. The molecule has 15 heavy (non-hydrogen) atoms. The van der Waals surface area contributed by atoms with Crippen LogP contribution >= 0.6 is 0 Å². The zero-order valence-corrected chi connectivity index (χ0v) is 10.5. The van der Waals surface area contributed by atoms with Gasteiger partial charge in [0.15, 0.2) is 0 Å². The van der Waals surface area contributed by atoms with Gasteiger partial charge in [0, 0.05) is 19.7 Å². The zero-order chi connectivity index (χ0) is 11.3. The highest BCUT2D eigenvalue weighted by atomic mass is 16.5. The van der Waals surface area contributed by atoms with Crippen molar-refractivity contribution in [1.82, 2.24) is 4.90 Å². The Bertz CT molecular complexity index is 180. The first-order chi connectivity index (χ1) is 7.07. The van der Waals surface area contributed by atoms with E-state index in [0.29, 0.717) is 6.10 Å². The van der Waals surface area contributed by atoms with Gasteiger partial charge in [0.05, 0.1) is 6.10 Å².